The quantitative estimate of drug-likeness (QED) is 0.142. The molecular formula is C38H39N3O6. The molecule has 5 aromatic rings. The summed E-state index contributed by atoms with van der Waals surface area (Å²) in [6, 6.07) is 32.1. The van der Waals surface area contributed by atoms with E-state index in [1.807, 2.05) is 91.3 Å². The van der Waals surface area contributed by atoms with E-state index in [1.165, 1.54) is 0 Å². The summed E-state index contributed by atoms with van der Waals surface area (Å²) < 4.78 is 15.6. The molecule has 0 unspecified atom stereocenters. The van der Waals surface area contributed by atoms with Gasteiger partial charge in [0.1, 0.15) is 0 Å². The van der Waals surface area contributed by atoms with Gasteiger partial charge in [-0.25, -0.2) is 4.98 Å². The highest BCUT2D eigenvalue weighted by atomic mass is 16.7. The lowest BCUT2D eigenvalue weighted by atomic mass is 9.90. The molecule has 9 nitrogen and oxygen atoms in total. The highest BCUT2D eigenvalue weighted by molar-refractivity contribution is 5.77. The van der Waals surface area contributed by atoms with Gasteiger partial charge in [-0.1, -0.05) is 79.7 Å². The smallest absolute Gasteiger partial charge is 0.303 e. The summed E-state index contributed by atoms with van der Waals surface area (Å²) in [5.74, 6) is -1.05. The molecule has 0 spiro atoms. The number of carboxylic acid groups (broad SMARTS) is 1. The van der Waals surface area contributed by atoms with Gasteiger partial charge in [-0.3, -0.25) is 9.59 Å². The fourth-order valence-corrected chi connectivity index (χ4v) is 6.09. The molecule has 6 rings (SSSR count). The van der Waals surface area contributed by atoms with Gasteiger partial charge in [0.05, 0.1) is 42.7 Å². The maximum atomic E-state index is 12.2. The SMILES string of the molecule is C[C@@H]1[C@H](Cn2cnc3ccccc32)O[C@H](c2cccc(-c3cccc(CNC(=O)CCCC(=O)O)c3)c2)O[C@@H]1c1ccc(CO)cc1. The summed E-state index contributed by atoms with van der Waals surface area (Å²) in [5.41, 5.74) is 7.68. The molecule has 0 bridgehead atoms. The van der Waals surface area contributed by atoms with Gasteiger partial charge in [-0.15, -0.1) is 0 Å². The Balaban J connectivity index is 1.23. The molecule has 3 N–H and O–H groups in total. The number of fused-ring (bicyclic) bond motifs is 1. The number of carboxylic acids is 1. The Kier molecular flexibility index (Phi) is 10.1. The van der Waals surface area contributed by atoms with Crippen LogP contribution in [0.15, 0.2) is 103 Å². The lowest BCUT2D eigenvalue weighted by molar-refractivity contribution is -0.276. The van der Waals surface area contributed by atoms with E-state index >= 15 is 0 Å². The van der Waals surface area contributed by atoms with Crippen LogP contribution in [0.25, 0.3) is 22.2 Å². The third-order valence-corrected chi connectivity index (χ3v) is 8.73. The van der Waals surface area contributed by atoms with Crippen molar-refractivity contribution in [2.75, 3.05) is 0 Å². The van der Waals surface area contributed by atoms with Gasteiger partial charge in [0.25, 0.3) is 0 Å². The number of aliphatic hydroxyl groups excluding tert-OH is 1. The van der Waals surface area contributed by atoms with Crippen molar-refractivity contribution in [1.82, 2.24) is 14.9 Å². The first-order chi connectivity index (χ1) is 22.9. The third-order valence-electron chi connectivity index (χ3n) is 8.73. The summed E-state index contributed by atoms with van der Waals surface area (Å²) in [5, 5.41) is 21.3. The van der Waals surface area contributed by atoms with Gasteiger partial charge >= 0.3 is 5.97 Å². The molecule has 1 saturated heterocycles. The number of aliphatic carboxylic acids is 1. The largest absolute Gasteiger partial charge is 0.481 e. The van der Waals surface area contributed by atoms with Gasteiger partial charge in [0, 0.05) is 30.9 Å². The van der Waals surface area contributed by atoms with Gasteiger partial charge in [0.2, 0.25) is 5.91 Å². The lowest BCUT2D eigenvalue weighted by Crippen LogP contribution is -2.39. The number of aliphatic hydroxyl groups is 1. The highest BCUT2D eigenvalue weighted by Crippen LogP contribution is 2.43. The summed E-state index contributed by atoms with van der Waals surface area (Å²) >= 11 is 0. The van der Waals surface area contributed by atoms with Crippen LogP contribution < -0.4 is 5.32 Å². The maximum Gasteiger partial charge on any atom is 0.303 e. The number of rotatable bonds is 12. The van der Waals surface area contributed by atoms with Crippen molar-refractivity contribution in [3.8, 4) is 11.1 Å². The molecule has 1 aromatic heterocycles. The molecule has 2 heterocycles. The normalized spacial score (nSPS) is 19.4. The van der Waals surface area contributed by atoms with Crippen molar-refractivity contribution in [2.24, 2.45) is 5.92 Å². The van der Waals surface area contributed by atoms with Crippen LogP contribution in [-0.4, -0.2) is 37.7 Å². The number of imidazole rings is 1. The van der Waals surface area contributed by atoms with E-state index in [1.54, 1.807) is 0 Å². The molecule has 1 fully saturated rings. The van der Waals surface area contributed by atoms with E-state index < -0.39 is 12.3 Å². The Morgan fingerprint density at radius 1 is 0.851 bits per heavy atom. The molecule has 9 heteroatoms. The minimum atomic E-state index is -0.902. The monoisotopic (exact) mass is 633 g/mol. The zero-order valence-electron chi connectivity index (χ0n) is 26.3. The number of carbonyl (C=O) groups is 2. The van der Waals surface area contributed by atoms with E-state index in [-0.39, 0.29) is 43.5 Å². The van der Waals surface area contributed by atoms with Crippen LogP contribution in [0, 0.1) is 5.92 Å². The number of ether oxygens (including phenoxy) is 2. The summed E-state index contributed by atoms with van der Waals surface area (Å²) in [6.07, 6.45) is 1.28. The molecule has 47 heavy (non-hydrogen) atoms. The number of hydrogen-bond acceptors (Lipinski definition) is 6. The van der Waals surface area contributed by atoms with Gasteiger partial charge < -0.3 is 29.6 Å². The van der Waals surface area contributed by atoms with Crippen molar-refractivity contribution in [3.05, 3.63) is 126 Å². The Morgan fingerprint density at radius 3 is 2.40 bits per heavy atom. The third kappa shape index (κ3) is 7.77. The van der Waals surface area contributed by atoms with Gasteiger partial charge in [-0.2, -0.15) is 0 Å². The molecule has 0 saturated carbocycles. The number of nitrogens with zero attached hydrogens (tertiary/aromatic N) is 2. The van der Waals surface area contributed by atoms with Crippen LogP contribution in [0.1, 0.15) is 60.8 Å². The van der Waals surface area contributed by atoms with Crippen LogP contribution in [-0.2, 0) is 38.8 Å². The van der Waals surface area contributed by atoms with E-state index in [0.717, 1.165) is 44.4 Å². The van der Waals surface area contributed by atoms with Gasteiger partial charge in [0.15, 0.2) is 6.29 Å². The predicted molar refractivity (Wildman–Crippen MR) is 178 cm³/mol. The van der Waals surface area contributed by atoms with Crippen LogP contribution >= 0.6 is 0 Å². The van der Waals surface area contributed by atoms with Crippen molar-refractivity contribution >= 4 is 22.9 Å². The molecule has 1 amide bonds. The predicted octanol–water partition coefficient (Wildman–Crippen LogP) is 6.56. The minimum absolute atomic E-state index is 0.0173. The number of carbonyl (C=O) groups excluding carboxylic acids is 1. The molecule has 0 radical (unpaired) electrons. The number of aromatic nitrogens is 2. The van der Waals surface area contributed by atoms with Crippen LogP contribution in [0.3, 0.4) is 0 Å². The second-order valence-corrected chi connectivity index (χ2v) is 12.1. The van der Waals surface area contributed by atoms with E-state index in [9.17, 15) is 14.7 Å². The van der Waals surface area contributed by atoms with Crippen LogP contribution in [0.4, 0.5) is 0 Å². The highest BCUT2D eigenvalue weighted by Gasteiger charge is 2.38. The number of para-hydroxylation sites is 2. The van der Waals surface area contributed by atoms with Crippen LogP contribution in [0.2, 0.25) is 0 Å². The fraction of sp³-hybridized carbons (Fsp3) is 0.289. The fourth-order valence-electron chi connectivity index (χ4n) is 6.09. The zero-order chi connectivity index (χ0) is 32.8. The maximum absolute atomic E-state index is 12.2. The van der Waals surface area contributed by atoms with Crippen LogP contribution in [0.5, 0.6) is 0 Å². The first-order valence-electron chi connectivity index (χ1n) is 16.0. The van der Waals surface area contributed by atoms with Crippen molar-refractivity contribution in [1.29, 1.82) is 0 Å². The average Bonchev–Trinajstić information content (AvgIpc) is 3.51. The Hall–Kier alpha value is -4.83. The first kappa shape index (κ1) is 32.1. The Labute approximate surface area is 273 Å². The second kappa shape index (κ2) is 14.7. The van der Waals surface area contributed by atoms with Gasteiger partial charge in [-0.05, 0) is 58.5 Å². The zero-order valence-corrected chi connectivity index (χ0v) is 26.3. The molecular weight excluding hydrogens is 594 g/mol. The number of benzene rings is 4. The number of hydrogen-bond donors (Lipinski definition) is 3. The van der Waals surface area contributed by atoms with E-state index in [2.05, 4.69) is 33.9 Å². The summed E-state index contributed by atoms with van der Waals surface area (Å²) in [4.78, 5) is 27.5. The molecule has 0 aliphatic carbocycles. The number of amides is 1. The number of nitrogens with one attached hydrogen (secondary N) is 1. The second-order valence-electron chi connectivity index (χ2n) is 12.1. The van der Waals surface area contributed by atoms with Crippen molar-refractivity contribution < 1.29 is 29.3 Å². The lowest BCUT2D eigenvalue weighted by Gasteiger charge is -2.41. The summed E-state index contributed by atoms with van der Waals surface area (Å²) in [6.45, 7) is 3.10. The minimum Gasteiger partial charge on any atom is -0.481 e. The molecule has 242 valence electrons. The molecule has 1 aliphatic rings. The molecule has 4 atom stereocenters. The average molecular weight is 634 g/mol. The van der Waals surface area contributed by atoms with Crippen molar-refractivity contribution in [3.63, 3.8) is 0 Å². The molecule has 4 aromatic carbocycles. The Morgan fingerprint density at radius 2 is 1.62 bits per heavy atom. The molecule has 1 aliphatic heterocycles. The van der Waals surface area contributed by atoms with E-state index in [4.69, 9.17) is 14.6 Å². The first-order valence-corrected chi connectivity index (χ1v) is 16.0. The van der Waals surface area contributed by atoms with Crippen molar-refractivity contribution in [2.45, 2.75) is 64.4 Å². The Bertz CT molecular complexity index is 1840. The van der Waals surface area contributed by atoms with E-state index in [0.29, 0.717) is 19.5 Å². The summed E-state index contributed by atoms with van der Waals surface area (Å²) in [7, 11) is 0. The topological polar surface area (TPSA) is 123 Å². The standard InChI is InChI=1S/C38H39N3O6/c1-25-34(22-41-24-40-32-11-2-3-12-33(32)41)46-38(47-37(25)28-17-15-26(23-42)16-18-28)31-10-5-9-30(20-31)29-8-4-7-27(19-29)21-39-35(43)13-6-14-36(44)45/h2-5,7-12,15-20,24-25,34,37-38,42H,6,13-14,21-23H2,1H3,(H,39,43)(H,44,45)/t25-,34+,37+,38+/m1/s1.